The Labute approximate surface area is 218 Å². The highest BCUT2D eigenvalue weighted by Gasteiger charge is 2.21. The summed E-state index contributed by atoms with van der Waals surface area (Å²) in [6.45, 7) is 4.46. The van der Waals surface area contributed by atoms with Gasteiger partial charge in [0.05, 0.1) is 0 Å². The Kier molecular flexibility index (Phi) is 26.7. The third kappa shape index (κ3) is 25.8. The van der Waals surface area contributed by atoms with Gasteiger partial charge in [-0.2, -0.15) is 0 Å². The van der Waals surface area contributed by atoms with Crippen LogP contribution < -0.4 is 0 Å². The van der Waals surface area contributed by atoms with Crippen LogP contribution in [0.4, 0.5) is 0 Å². The molecule has 0 radical (unpaired) electrons. The van der Waals surface area contributed by atoms with Crippen LogP contribution in [0.15, 0.2) is 0 Å². The number of carboxylic acid groups (broad SMARTS) is 1. The van der Waals surface area contributed by atoms with Crippen LogP contribution in [-0.2, 0) is 14.3 Å². The molecular weight excluding hydrogens is 436 g/mol. The number of aliphatic carboxylic acids is 1. The summed E-state index contributed by atoms with van der Waals surface area (Å²) in [4.78, 5) is 23.4. The first kappa shape index (κ1) is 33.9. The van der Waals surface area contributed by atoms with Gasteiger partial charge in [-0.25, -0.2) is 4.79 Å². The van der Waals surface area contributed by atoms with Crippen molar-refractivity contribution in [3.05, 3.63) is 0 Å². The van der Waals surface area contributed by atoms with Gasteiger partial charge < -0.3 is 9.84 Å². The van der Waals surface area contributed by atoms with E-state index in [0.29, 0.717) is 12.8 Å². The van der Waals surface area contributed by atoms with E-state index in [0.717, 1.165) is 38.5 Å². The molecule has 0 fully saturated rings. The number of rotatable bonds is 28. The maximum atomic E-state index is 12.0. The molecule has 0 aromatic heterocycles. The first-order valence-corrected chi connectivity index (χ1v) is 15.5. The largest absolute Gasteiger partial charge is 0.479 e. The Morgan fingerprint density at radius 3 is 1.17 bits per heavy atom. The van der Waals surface area contributed by atoms with E-state index >= 15 is 0 Å². The highest BCUT2D eigenvalue weighted by Crippen LogP contribution is 2.16. The molecule has 0 aliphatic heterocycles. The van der Waals surface area contributed by atoms with Gasteiger partial charge in [-0.05, 0) is 19.3 Å². The van der Waals surface area contributed by atoms with Gasteiger partial charge in [0.1, 0.15) is 0 Å². The molecule has 0 aliphatic carbocycles. The van der Waals surface area contributed by atoms with E-state index in [1.54, 1.807) is 0 Å². The minimum atomic E-state index is -1.01. The number of unbranched alkanes of at least 4 members (excludes halogenated alkanes) is 22. The molecule has 0 aromatic rings. The van der Waals surface area contributed by atoms with Crippen LogP contribution in [0.5, 0.6) is 0 Å². The Hall–Kier alpha value is -1.06. The van der Waals surface area contributed by atoms with Crippen molar-refractivity contribution in [2.45, 2.75) is 187 Å². The monoisotopic (exact) mass is 496 g/mol. The first-order chi connectivity index (χ1) is 17.1. The van der Waals surface area contributed by atoms with Crippen LogP contribution in [0.1, 0.15) is 181 Å². The fraction of sp³-hybridized carbons (Fsp3) is 0.935. The summed E-state index contributed by atoms with van der Waals surface area (Å²) >= 11 is 0. The van der Waals surface area contributed by atoms with Gasteiger partial charge >= 0.3 is 11.9 Å². The molecule has 0 bridgehead atoms. The molecule has 0 heterocycles. The number of hydrogen-bond donors (Lipinski definition) is 1. The predicted molar refractivity (Wildman–Crippen MR) is 149 cm³/mol. The summed E-state index contributed by atoms with van der Waals surface area (Å²) in [5.74, 6) is -1.36. The van der Waals surface area contributed by atoms with Gasteiger partial charge in [-0.15, -0.1) is 0 Å². The third-order valence-electron chi connectivity index (χ3n) is 7.10. The lowest BCUT2D eigenvalue weighted by Gasteiger charge is -2.13. The second-order valence-corrected chi connectivity index (χ2v) is 10.6. The maximum Gasteiger partial charge on any atom is 0.345 e. The predicted octanol–water partition coefficient (Wildman–Crippen LogP) is 10.2. The van der Waals surface area contributed by atoms with E-state index in [9.17, 15) is 14.7 Å². The molecule has 0 aliphatic rings. The Bertz CT molecular complexity index is 463. The summed E-state index contributed by atoms with van der Waals surface area (Å²) in [6.07, 6.45) is 30.1. The Morgan fingerprint density at radius 2 is 0.829 bits per heavy atom. The highest BCUT2D eigenvalue weighted by molar-refractivity contribution is 5.77. The smallest absolute Gasteiger partial charge is 0.345 e. The fourth-order valence-corrected chi connectivity index (χ4v) is 4.73. The molecule has 0 saturated carbocycles. The van der Waals surface area contributed by atoms with E-state index < -0.39 is 12.1 Å². The van der Waals surface area contributed by atoms with Crippen molar-refractivity contribution in [2.24, 2.45) is 0 Å². The zero-order chi connectivity index (χ0) is 25.8. The number of ether oxygens (including phenoxy) is 1. The lowest BCUT2D eigenvalue weighted by molar-refractivity contribution is -0.164. The lowest BCUT2D eigenvalue weighted by Crippen LogP contribution is -2.27. The molecule has 4 nitrogen and oxygen atoms in total. The topological polar surface area (TPSA) is 63.6 Å². The first-order valence-electron chi connectivity index (χ1n) is 15.5. The van der Waals surface area contributed by atoms with Crippen LogP contribution in [0.25, 0.3) is 0 Å². The van der Waals surface area contributed by atoms with Gasteiger partial charge in [0.25, 0.3) is 0 Å². The van der Waals surface area contributed by atoms with Crippen LogP contribution in [0, 0.1) is 0 Å². The zero-order valence-corrected chi connectivity index (χ0v) is 23.6. The van der Waals surface area contributed by atoms with E-state index in [-0.39, 0.29) is 5.97 Å². The quantitative estimate of drug-likeness (QED) is 0.0864. The van der Waals surface area contributed by atoms with E-state index in [1.165, 1.54) is 116 Å². The molecule has 0 saturated heterocycles. The number of carbonyl (C=O) groups excluding carboxylic acids is 1. The molecule has 1 N–H and O–H groups in total. The van der Waals surface area contributed by atoms with E-state index in [1.807, 2.05) is 0 Å². The Morgan fingerprint density at radius 1 is 0.514 bits per heavy atom. The highest BCUT2D eigenvalue weighted by atomic mass is 16.6. The van der Waals surface area contributed by atoms with Gasteiger partial charge in [-0.1, -0.05) is 155 Å². The average Bonchev–Trinajstić information content (AvgIpc) is 2.84. The molecule has 0 spiro atoms. The van der Waals surface area contributed by atoms with Crippen molar-refractivity contribution >= 4 is 11.9 Å². The SMILES string of the molecule is CCCCCCCCCCCCCCCCCCCCC(OC(=O)CCCCCCCC)C(=O)O. The number of carbonyl (C=O) groups is 2. The summed E-state index contributed by atoms with van der Waals surface area (Å²) < 4.78 is 5.23. The minimum absolute atomic E-state index is 0.342. The molecule has 4 heteroatoms. The van der Waals surface area contributed by atoms with Gasteiger partial charge in [-0.3, -0.25) is 4.79 Å². The molecular formula is C31H60O4. The molecule has 208 valence electrons. The van der Waals surface area contributed by atoms with Gasteiger partial charge in [0, 0.05) is 6.42 Å². The van der Waals surface area contributed by atoms with E-state index in [2.05, 4.69) is 13.8 Å². The summed E-state index contributed by atoms with van der Waals surface area (Å²) in [6, 6.07) is 0. The molecule has 1 atom stereocenters. The van der Waals surface area contributed by atoms with Gasteiger partial charge in [0.2, 0.25) is 0 Å². The van der Waals surface area contributed by atoms with Crippen molar-refractivity contribution < 1.29 is 19.4 Å². The normalized spacial score (nSPS) is 12.1. The van der Waals surface area contributed by atoms with Crippen molar-refractivity contribution in [2.75, 3.05) is 0 Å². The standard InChI is InChI=1S/C31H60O4/c1-3-5-7-9-11-12-13-14-15-16-17-18-19-20-21-22-23-25-27-29(31(33)34)35-30(32)28-26-24-10-8-6-4-2/h29H,3-28H2,1-2H3,(H,33,34). The molecule has 0 rings (SSSR count). The fourth-order valence-electron chi connectivity index (χ4n) is 4.73. The average molecular weight is 497 g/mol. The van der Waals surface area contributed by atoms with Crippen molar-refractivity contribution in [3.63, 3.8) is 0 Å². The number of carboxylic acids is 1. The Balaban J connectivity index is 3.47. The zero-order valence-electron chi connectivity index (χ0n) is 23.6. The summed E-state index contributed by atoms with van der Waals surface area (Å²) in [5.41, 5.74) is 0. The lowest BCUT2D eigenvalue weighted by atomic mass is 10.0. The number of esters is 1. The van der Waals surface area contributed by atoms with Crippen molar-refractivity contribution in [1.29, 1.82) is 0 Å². The minimum Gasteiger partial charge on any atom is -0.479 e. The third-order valence-corrected chi connectivity index (χ3v) is 7.10. The van der Waals surface area contributed by atoms with Crippen LogP contribution in [0.3, 0.4) is 0 Å². The maximum absolute atomic E-state index is 12.0. The van der Waals surface area contributed by atoms with Crippen LogP contribution >= 0.6 is 0 Å². The van der Waals surface area contributed by atoms with Crippen molar-refractivity contribution in [3.8, 4) is 0 Å². The second-order valence-electron chi connectivity index (χ2n) is 10.6. The van der Waals surface area contributed by atoms with E-state index in [4.69, 9.17) is 4.74 Å². The van der Waals surface area contributed by atoms with Crippen LogP contribution in [-0.4, -0.2) is 23.1 Å². The van der Waals surface area contributed by atoms with Crippen LogP contribution in [0.2, 0.25) is 0 Å². The van der Waals surface area contributed by atoms with Crippen molar-refractivity contribution in [1.82, 2.24) is 0 Å². The number of hydrogen-bond acceptors (Lipinski definition) is 3. The molecule has 0 amide bonds. The molecule has 1 unspecified atom stereocenters. The molecule has 35 heavy (non-hydrogen) atoms. The summed E-state index contributed by atoms with van der Waals surface area (Å²) in [5, 5.41) is 9.36. The second kappa shape index (κ2) is 27.5. The van der Waals surface area contributed by atoms with Gasteiger partial charge in [0.15, 0.2) is 6.10 Å². The molecule has 0 aromatic carbocycles. The summed E-state index contributed by atoms with van der Waals surface area (Å²) in [7, 11) is 0.